The van der Waals surface area contributed by atoms with Gasteiger partial charge in [-0.15, -0.1) is 0 Å². The predicted octanol–water partition coefficient (Wildman–Crippen LogP) is 1.88. The van der Waals surface area contributed by atoms with Gasteiger partial charge in [0, 0.05) is 12.4 Å². The van der Waals surface area contributed by atoms with Crippen LogP contribution in [0.2, 0.25) is 0 Å². The largest absolute Gasteiger partial charge is 0.383 e. The Labute approximate surface area is 122 Å². The average molecular weight is 330 g/mol. The summed E-state index contributed by atoms with van der Waals surface area (Å²) in [6.45, 7) is 4.28. The molecule has 1 rings (SSSR count). The van der Waals surface area contributed by atoms with Gasteiger partial charge in [-0.2, -0.15) is 10.2 Å². The molecule has 0 spiro atoms. The lowest BCUT2D eigenvalue weighted by Crippen LogP contribution is -2.39. The molecule has 1 aromatic rings. The minimum atomic E-state index is -0.113. The van der Waals surface area contributed by atoms with E-state index in [1.807, 2.05) is 13.8 Å². The number of nitrogens with one attached hydrogen (secondary N) is 1. The van der Waals surface area contributed by atoms with E-state index in [0.29, 0.717) is 18.6 Å². The van der Waals surface area contributed by atoms with Gasteiger partial charge in [-0.25, -0.2) is 0 Å². The maximum atomic E-state index is 12.3. The van der Waals surface area contributed by atoms with E-state index in [1.165, 1.54) is 0 Å². The smallest absolute Gasteiger partial charge is 0.253 e. The molecule has 0 bridgehead atoms. The van der Waals surface area contributed by atoms with Crippen molar-refractivity contribution < 1.29 is 9.53 Å². The molecule has 0 fully saturated rings. The minimum absolute atomic E-state index is 0.00458. The fraction of sp³-hybridized carbons (Fsp3) is 0.615. The fourth-order valence-corrected chi connectivity index (χ4v) is 2.32. The van der Waals surface area contributed by atoms with Gasteiger partial charge in [0.25, 0.3) is 5.91 Å². The molecule has 0 radical (unpaired) electrons. The normalized spacial score (nSPS) is 12.2. The van der Waals surface area contributed by atoms with Gasteiger partial charge >= 0.3 is 0 Å². The molecule has 0 saturated carbocycles. The van der Waals surface area contributed by atoms with Crippen molar-refractivity contribution in [3.63, 3.8) is 0 Å². The van der Waals surface area contributed by atoms with Crippen LogP contribution in [0.5, 0.6) is 0 Å². The first-order valence-corrected chi connectivity index (χ1v) is 7.43. The van der Waals surface area contributed by atoms with E-state index in [1.54, 1.807) is 13.2 Å². The lowest BCUT2D eigenvalue weighted by molar-refractivity contribution is 0.0893. The zero-order valence-electron chi connectivity index (χ0n) is 11.6. The van der Waals surface area contributed by atoms with E-state index in [4.69, 9.17) is 4.74 Å². The Morgan fingerprint density at radius 3 is 2.84 bits per heavy atom. The number of carbonyl (C=O) groups is 1. The van der Waals surface area contributed by atoms with Crippen LogP contribution in [0.4, 0.5) is 0 Å². The first kappa shape index (κ1) is 16.0. The number of ether oxygens (including phenoxy) is 1. The van der Waals surface area contributed by atoms with Crippen LogP contribution in [0.25, 0.3) is 0 Å². The third-order valence-corrected chi connectivity index (χ3v) is 3.19. The summed E-state index contributed by atoms with van der Waals surface area (Å²) >= 11 is 3.38. The lowest BCUT2D eigenvalue weighted by Gasteiger charge is -2.17. The SMILES string of the molecule is CCc1nnc(C)cc1C(=O)NC(CCBr)COC. The van der Waals surface area contributed by atoms with Gasteiger partial charge in [0.05, 0.1) is 29.6 Å². The summed E-state index contributed by atoms with van der Waals surface area (Å²) in [7, 11) is 1.63. The molecule has 0 aliphatic rings. The van der Waals surface area contributed by atoms with Gasteiger partial charge in [0.1, 0.15) is 0 Å². The van der Waals surface area contributed by atoms with E-state index in [9.17, 15) is 4.79 Å². The Bertz CT molecular complexity index is 420. The second kappa shape index (κ2) is 8.22. The zero-order chi connectivity index (χ0) is 14.3. The Kier molecular flexibility index (Phi) is 6.94. The number of rotatable bonds is 7. The number of methoxy groups -OCH3 is 1. The summed E-state index contributed by atoms with van der Waals surface area (Å²) in [5.74, 6) is -0.113. The number of hydrogen-bond donors (Lipinski definition) is 1. The van der Waals surface area contributed by atoms with Crippen molar-refractivity contribution in [2.75, 3.05) is 19.0 Å². The number of nitrogens with zero attached hydrogens (tertiary/aromatic N) is 2. The second-order valence-electron chi connectivity index (χ2n) is 4.30. The number of aromatic nitrogens is 2. The van der Waals surface area contributed by atoms with Gasteiger partial charge in [-0.05, 0) is 25.8 Å². The first-order chi connectivity index (χ1) is 9.12. The quantitative estimate of drug-likeness (QED) is 0.776. The second-order valence-corrected chi connectivity index (χ2v) is 5.10. The van der Waals surface area contributed by atoms with Gasteiger partial charge in [-0.1, -0.05) is 22.9 Å². The summed E-state index contributed by atoms with van der Waals surface area (Å²) in [4.78, 5) is 12.3. The van der Waals surface area contributed by atoms with Crippen molar-refractivity contribution in [3.05, 3.63) is 23.0 Å². The molecular weight excluding hydrogens is 310 g/mol. The molecular formula is C13H20BrN3O2. The molecule has 0 aliphatic carbocycles. The molecule has 1 heterocycles. The van der Waals surface area contributed by atoms with Crippen molar-refractivity contribution in [2.45, 2.75) is 32.7 Å². The maximum absolute atomic E-state index is 12.3. The van der Waals surface area contributed by atoms with Crippen molar-refractivity contribution in [1.82, 2.24) is 15.5 Å². The highest BCUT2D eigenvalue weighted by Gasteiger charge is 2.17. The Morgan fingerprint density at radius 2 is 2.26 bits per heavy atom. The molecule has 106 valence electrons. The molecule has 1 unspecified atom stereocenters. The van der Waals surface area contributed by atoms with Crippen LogP contribution in [0.3, 0.4) is 0 Å². The van der Waals surface area contributed by atoms with Gasteiger partial charge in [-0.3, -0.25) is 4.79 Å². The number of amides is 1. The Hall–Kier alpha value is -1.01. The van der Waals surface area contributed by atoms with Crippen LogP contribution in [0.15, 0.2) is 6.07 Å². The molecule has 0 aliphatic heterocycles. The van der Waals surface area contributed by atoms with Crippen LogP contribution in [0.1, 0.15) is 35.1 Å². The van der Waals surface area contributed by atoms with E-state index in [2.05, 4.69) is 31.4 Å². The summed E-state index contributed by atoms with van der Waals surface area (Å²) in [6.07, 6.45) is 1.50. The molecule has 6 heteroatoms. The molecule has 0 aromatic carbocycles. The standard InChI is InChI=1S/C13H20BrN3O2/c1-4-12-11(7-9(2)16-17-12)13(18)15-10(5-6-14)8-19-3/h7,10H,4-6,8H2,1-3H3,(H,15,18). The van der Waals surface area contributed by atoms with Crippen LogP contribution in [-0.4, -0.2) is 41.2 Å². The predicted molar refractivity (Wildman–Crippen MR) is 77.7 cm³/mol. The molecule has 1 amide bonds. The summed E-state index contributed by atoms with van der Waals surface area (Å²) in [5.41, 5.74) is 2.06. The van der Waals surface area contributed by atoms with Crippen LogP contribution >= 0.6 is 15.9 Å². The molecule has 5 nitrogen and oxygen atoms in total. The van der Waals surface area contributed by atoms with E-state index in [-0.39, 0.29) is 11.9 Å². The van der Waals surface area contributed by atoms with Crippen molar-refractivity contribution >= 4 is 21.8 Å². The number of halogens is 1. The lowest BCUT2D eigenvalue weighted by atomic mass is 10.1. The monoisotopic (exact) mass is 329 g/mol. The Morgan fingerprint density at radius 1 is 1.53 bits per heavy atom. The molecule has 19 heavy (non-hydrogen) atoms. The summed E-state index contributed by atoms with van der Waals surface area (Å²) in [5, 5.41) is 11.8. The fourth-order valence-electron chi connectivity index (χ4n) is 1.77. The van der Waals surface area contributed by atoms with Crippen LogP contribution in [-0.2, 0) is 11.2 Å². The van der Waals surface area contributed by atoms with Crippen molar-refractivity contribution in [2.24, 2.45) is 0 Å². The van der Waals surface area contributed by atoms with Gasteiger partial charge in [0.15, 0.2) is 0 Å². The average Bonchev–Trinajstić information content (AvgIpc) is 2.39. The Balaban J connectivity index is 2.83. The number of alkyl halides is 1. The highest BCUT2D eigenvalue weighted by atomic mass is 79.9. The maximum Gasteiger partial charge on any atom is 0.253 e. The van der Waals surface area contributed by atoms with E-state index >= 15 is 0 Å². The number of aryl methyl sites for hydroxylation is 2. The third kappa shape index (κ3) is 4.87. The first-order valence-electron chi connectivity index (χ1n) is 6.31. The van der Waals surface area contributed by atoms with Crippen molar-refractivity contribution in [1.29, 1.82) is 0 Å². The minimum Gasteiger partial charge on any atom is -0.383 e. The molecule has 0 saturated heterocycles. The van der Waals surface area contributed by atoms with Crippen LogP contribution < -0.4 is 5.32 Å². The molecule has 1 aromatic heterocycles. The highest BCUT2D eigenvalue weighted by Crippen LogP contribution is 2.08. The van der Waals surface area contributed by atoms with Gasteiger partial charge < -0.3 is 10.1 Å². The third-order valence-electron chi connectivity index (χ3n) is 2.73. The summed E-state index contributed by atoms with van der Waals surface area (Å²) in [6, 6.07) is 1.77. The van der Waals surface area contributed by atoms with E-state index < -0.39 is 0 Å². The zero-order valence-corrected chi connectivity index (χ0v) is 13.2. The number of carbonyl (C=O) groups excluding carboxylic acids is 1. The molecule has 1 N–H and O–H groups in total. The van der Waals surface area contributed by atoms with Gasteiger partial charge in [0.2, 0.25) is 0 Å². The topological polar surface area (TPSA) is 64.1 Å². The van der Waals surface area contributed by atoms with E-state index in [0.717, 1.165) is 23.1 Å². The number of hydrogen-bond acceptors (Lipinski definition) is 4. The molecule has 1 atom stereocenters. The highest BCUT2D eigenvalue weighted by molar-refractivity contribution is 9.09. The van der Waals surface area contributed by atoms with Crippen molar-refractivity contribution in [3.8, 4) is 0 Å². The van der Waals surface area contributed by atoms with Crippen LogP contribution in [0, 0.1) is 6.92 Å². The summed E-state index contributed by atoms with van der Waals surface area (Å²) < 4.78 is 5.11.